The second-order valence-corrected chi connectivity index (χ2v) is 5.78. The number of pyridine rings is 1. The number of amides is 1. The van der Waals surface area contributed by atoms with Gasteiger partial charge in [-0.15, -0.1) is 0 Å². The highest BCUT2D eigenvalue weighted by molar-refractivity contribution is 5.81. The van der Waals surface area contributed by atoms with Gasteiger partial charge in [-0.05, 0) is 35.9 Å². The molecule has 1 aromatic carbocycles. The third kappa shape index (κ3) is 5.42. The standard InChI is InChI=1S/C19H22N4O4/c1-25-17-12-15(13-21-22-18-4-2-3-7-20-18)5-6-16(17)27-14-19(24)23-8-10-26-11-9-23/h2-7,12-13H,8-11,14H2,1H3,(H,20,22)/b21-13-. The molecule has 0 spiro atoms. The molecular formula is C19H22N4O4. The first kappa shape index (κ1) is 18.7. The molecule has 0 bridgehead atoms. The minimum absolute atomic E-state index is 0.0367. The number of carbonyl (C=O) groups is 1. The number of aromatic nitrogens is 1. The molecule has 0 aliphatic carbocycles. The molecule has 27 heavy (non-hydrogen) atoms. The normalized spacial score (nSPS) is 14.2. The van der Waals surface area contributed by atoms with Crippen LogP contribution in [0.3, 0.4) is 0 Å². The van der Waals surface area contributed by atoms with Crippen molar-refractivity contribution in [1.82, 2.24) is 9.88 Å². The SMILES string of the molecule is COc1cc(/C=N\Nc2ccccn2)ccc1OCC(=O)N1CCOCC1. The van der Waals surface area contributed by atoms with E-state index >= 15 is 0 Å². The molecule has 0 radical (unpaired) electrons. The molecule has 1 saturated heterocycles. The molecule has 0 atom stereocenters. The van der Waals surface area contributed by atoms with Gasteiger partial charge in [-0.3, -0.25) is 10.2 Å². The van der Waals surface area contributed by atoms with Crippen LogP contribution in [0.2, 0.25) is 0 Å². The van der Waals surface area contributed by atoms with Crippen molar-refractivity contribution < 1.29 is 19.0 Å². The maximum absolute atomic E-state index is 12.2. The van der Waals surface area contributed by atoms with Crippen LogP contribution in [0.1, 0.15) is 5.56 Å². The van der Waals surface area contributed by atoms with Crippen LogP contribution in [0.4, 0.5) is 5.82 Å². The summed E-state index contributed by atoms with van der Waals surface area (Å²) in [5.74, 6) is 1.63. The van der Waals surface area contributed by atoms with Gasteiger partial charge in [0.25, 0.3) is 5.91 Å². The van der Waals surface area contributed by atoms with Gasteiger partial charge >= 0.3 is 0 Å². The molecule has 0 saturated carbocycles. The third-order valence-electron chi connectivity index (χ3n) is 3.96. The van der Waals surface area contributed by atoms with Crippen molar-refractivity contribution >= 4 is 17.9 Å². The summed E-state index contributed by atoms with van der Waals surface area (Å²) in [6.45, 7) is 2.28. The number of hydrogen-bond acceptors (Lipinski definition) is 7. The van der Waals surface area contributed by atoms with Gasteiger partial charge in [0.2, 0.25) is 0 Å². The van der Waals surface area contributed by atoms with Gasteiger partial charge in [0.05, 0.1) is 26.5 Å². The first-order chi connectivity index (χ1) is 13.3. The largest absolute Gasteiger partial charge is 0.493 e. The second kappa shape index (κ2) is 9.54. The predicted molar refractivity (Wildman–Crippen MR) is 101 cm³/mol. The van der Waals surface area contributed by atoms with Crippen molar-refractivity contribution in [1.29, 1.82) is 0 Å². The number of nitrogens with one attached hydrogen (secondary N) is 1. The number of hydrogen-bond donors (Lipinski definition) is 1. The van der Waals surface area contributed by atoms with E-state index in [1.807, 2.05) is 24.3 Å². The Kier molecular flexibility index (Phi) is 6.59. The lowest BCUT2D eigenvalue weighted by molar-refractivity contribution is -0.137. The van der Waals surface area contributed by atoms with Gasteiger partial charge in [-0.1, -0.05) is 6.07 Å². The Morgan fingerprint density at radius 2 is 2.15 bits per heavy atom. The summed E-state index contributed by atoms with van der Waals surface area (Å²) in [7, 11) is 1.55. The van der Waals surface area contributed by atoms with E-state index in [0.29, 0.717) is 43.6 Å². The smallest absolute Gasteiger partial charge is 0.260 e. The van der Waals surface area contributed by atoms with Crippen LogP contribution in [0.15, 0.2) is 47.7 Å². The molecule has 1 aromatic heterocycles. The molecule has 2 heterocycles. The number of morpholine rings is 1. The number of hydrazone groups is 1. The van der Waals surface area contributed by atoms with Crippen LogP contribution in [0, 0.1) is 0 Å². The molecule has 0 unspecified atom stereocenters. The van der Waals surface area contributed by atoms with E-state index in [4.69, 9.17) is 14.2 Å². The first-order valence-electron chi connectivity index (χ1n) is 8.63. The average molecular weight is 370 g/mol. The van der Waals surface area contributed by atoms with Gasteiger partial charge in [0, 0.05) is 19.3 Å². The average Bonchev–Trinajstić information content (AvgIpc) is 2.73. The number of carbonyl (C=O) groups excluding carboxylic acids is 1. The molecule has 2 aromatic rings. The summed E-state index contributed by atoms with van der Waals surface area (Å²) in [6.07, 6.45) is 3.34. The summed E-state index contributed by atoms with van der Waals surface area (Å²) in [5, 5.41) is 4.15. The maximum atomic E-state index is 12.2. The molecule has 1 fully saturated rings. The molecule has 3 rings (SSSR count). The second-order valence-electron chi connectivity index (χ2n) is 5.78. The molecule has 142 valence electrons. The van der Waals surface area contributed by atoms with Crippen molar-refractivity contribution in [3.05, 3.63) is 48.2 Å². The summed E-state index contributed by atoms with van der Waals surface area (Å²) in [4.78, 5) is 18.0. The minimum Gasteiger partial charge on any atom is -0.493 e. The molecule has 1 aliphatic heterocycles. The van der Waals surface area contributed by atoms with Crippen molar-refractivity contribution in [3.63, 3.8) is 0 Å². The minimum atomic E-state index is -0.0643. The van der Waals surface area contributed by atoms with E-state index in [0.717, 1.165) is 5.56 Å². The number of nitrogens with zero attached hydrogens (tertiary/aromatic N) is 3. The lowest BCUT2D eigenvalue weighted by Gasteiger charge is -2.26. The van der Waals surface area contributed by atoms with E-state index in [1.54, 1.807) is 36.6 Å². The topological polar surface area (TPSA) is 85.3 Å². The Hall–Kier alpha value is -3.13. The summed E-state index contributed by atoms with van der Waals surface area (Å²) < 4.78 is 16.3. The zero-order chi connectivity index (χ0) is 18.9. The monoisotopic (exact) mass is 370 g/mol. The van der Waals surface area contributed by atoms with E-state index in [9.17, 15) is 4.79 Å². The lowest BCUT2D eigenvalue weighted by atomic mass is 10.2. The zero-order valence-corrected chi connectivity index (χ0v) is 15.1. The van der Waals surface area contributed by atoms with Crippen LogP contribution >= 0.6 is 0 Å². The Labute approximate surface area is 157 Å². The van der Waals surface area contributed by atoms with Crippen LogP contribution in [-0.2, 0) is 9.53 Å². The van der Waals surface area contributed by atoms with Crippen molar-refractivity contribution in [2.45, 2.75) is 0 Å². The number of anilines is 1. The first-order valence-corrected chi connectivity index (χ1v) is 8.63. The van der Waals surface area contributed by atoms with Crippen molar-refractivity contribution in [2.75, 3.05) is 45.4 Å². The Morgan fingerprint density at radius 1 is 1.30 bits per heavy atom. The molecule has 8 heteroatoms. The van der Waals surface area contributed by atoms with Gasteiger partial charge in [-0.25, -0.2) is 4.98 Å². The maximum Gasteiger partial charge on any atom is 0.260 e. The molecule has 1 N–H and O–H groups in total. The van der Waals surface area contributed by atoms with Crippen LogP contribution in [-0.4, -0.2) is 62.0 Å². The van der Waals surface area contributed by atoms with Gasteiger partial charge in [-0.2, -0.15) is 5.10 Å². The van der Waals surface area contributed by atoms with Gasteiger partial charge < -0.3 is 19.1 Å². The van der Waals surface area contributed by atoms with Crippen molar-refractivity contribution in [3.8, 4) is 11.5 Å². The summed E-state index contributed by atoms with van der Waals surface area (Å²) >= 11 is 0. The van der Waals surface area contributed by atoms with Crippen molar-refractivity contribution in [2.24, 2.45) is 5.10 Å². The summed E-state index contributed by atoms with van der Waals surface area (Å²) in [5.41, 5.74) is 3.67. The fourth-order valence-electron chi connectivity index (χ4n) is 2.53. The highest BCUT2D eigenvalue weighted by atomic mass is 16.5. The number of rotatable bonds is 7. The Bertz CT molecular complexity index is 777. The fourth-order valence-corrected chi connectivity index (χ4v) is 2.53. The third-order valence-corrected chi connectivity index (χ3v) is 3.96. The van der Waals surface area contributed by atoms with Crippen LogP contribution in [0.5, 0.6) is 11.5 Å². The quantitative estimate of drug-likeness (QED) is 0.591. The number of ether oxygens (including phenoxy) is 3. The van der Waals surface area contributed by atoms with E-state index in [2.05, 4.69) is 15.5 Å². The molecule has 1 aliphatic rings. The zero-order valence-electron chi connectivity index (χ0n) is 15.1. The number of benzene rings is 1. The van der Waals surface area contributed by atoms with Crippen LogP contribution < -0.4 is 14.9 Å². The summed E-state index contributed by atoms with van der Waals surface area (Å²) in [6, 6.07) is 10.9. The molecular weight excluding hydrogens is 348 g/mol. The van der Waals surface area contributed by atoms with Gasteiger partial charge in [0.1, 0.15) is 5.82 Å². The van der Waals surface area contributed by atoms with E-state index in [-0.39, 0.29) is 12.5 Å². The van der Waals surface area contributed by atoms with Gasteiger partial charge in [0.15, 0.2) is 18.1 Å². The van der Waals surface area contributed by atoms with Crippen LogP contribution in [0.25, 0.3) is 0 Å². The Morgan fingerprint density at radius 3 is 2.89 bits per heavy atom. The predicted octanol–water partition coefficient (Wildman–Crippen LogP) is 1.77. The Balaban J connectivity index is 1.57. The highest BCUT2D eigenvalue weighted by Gasteiger charge is 2.17. The molecule has 1 amide bonds. The fraction of sp³-hybridized carbons (Fsp3) is 0.316. The van der Waals surface area contributed by atoms with E-state index < -0.39 is 0 Å². The number of methoxy groups -OCH3 is 1. The highest BCUT2D eigenvalue weighted by Crippen LogP contribution is 2.27. The van der Waals surface area contributed by atoms with E-state index in [1.165, 1.54) is 0 Å². The lowest BCUT2D eigenvalue weighted by Crippen LogP contribution is -2.43. The molecule has 8 nitrogen and oxygen atoms in total.